The lowest BCUT2D eigenvalue weighted by Gasteiger charge is -2.13. The Hall–Kier alpha value is -3.44. The minimum atomic E-state index is -0.593. The van der Waals surface area contributed by atoms with E-state index in [9.17, 15) is 15.3 Å². The molecule has 0 saturated carbocycles. The van der Waals surface area contributed by atoms with Gasteiger partial charge in [-0.15, -0.1) is 17.8 Å². The molecule has 3 rings (SSSR count). The number of halogens is 1. The molecule has 8 heteroatoms. The average Bonchev–Trinajstić information content (AvgIpc) is 3.13. The number of ether oxygens (including phenoxy) is 2. The fraction of sp³-hybridized carbons (Fsp3) is 0.292. The number of carbonyl (C=O) groups excluding carboxylic acids is 1. The standard InChI is InChI=1S/C24H20ClN3O3S/c1-3-9-31-22-19(25)11-15(12-20(22)30-4-2)10-16(13-26)23(29)28-24-18(14-27)17-7-5-6-8-21(17)32-24/h1,10-12H,4-9H2,2H3,(H,28,29)/b16-10+. The number of benzene rings is 1. The Morgan fingerprint density at radius 2 is 2.09 bits per heavy atom. The highest BCUT2D eigenvalue weighted by atomic mass is 35.5. The number of nitriles is 2. The van der Waals surface area contributed by atoms with Crippen LogP contribution in [0.1, 0.15) is 41.3 Å². The van der Waals surface area contributed by atoms with Crippen molar-refractivity contribution in [1.29, 1.82) is 10.5 Å². The van der Waals surface area contributed by atoms with E-state index in [-0.39, 0.29) is 17.2 Å². The molecule has 1 aliphatic carbocycles. The molecule has 0 spiro atoms. The van der Waals surface area contributed by atoms with Crippen LogP contribution in [0.3, 0.4) is 0 Å². The van der Waals surface area contributed by atoms with Crippen LogP contribution in [0.5, 0.6) is 11.5 Å². The van der Waals surface area contributed by atoms with Gasteiger partial charge >= 0.3 is 0 Å². The maximum Gasteiger partial charge on any atom is 0.266 e. The first kappa shape index (κ1) is 23.2. The Morgan fingerprint density at radius 3 is 2.78 bits per heavy atom. The summed E-state index contributed by atoms with van der Waals surface area (Å²) in [6.07, 6.45) is 10.5. The molecule has 1 aliphatic rings. The zero-order chi connectivity index (χ0) is 23.1. The zero-order valence-electron chi connectivity index (χ0n) is 17.5. The fourth-order valence-corrected chi connectivity index (χ4v) is 4.95. The van der Waals surface area contributed by atoms with Gasteiger partial charge in [-0.25, -0.2) is 0 Å². The zero-order valence-corrected chi connectivity index (χ0v) is 19.0. The van der Waals surface area contributed by atoms with E-state index in [2.05, 4.69) is 17.3 Å². The second-order valence-electron chi connectivity index (χ2n) is 6.91. The van der Waals surface area contributed by atoms with E-state index in [1.54, 1.807) is 12.1 Å². The highest BCUT2D eigenvalue weighted by Gasteiger charge is 2.23. The van der Waals surface area contributed by atoms with Gasteiger partial charge in [0.2, 0.25) is 0 Å². The average molecular weight is 466 g/mol. The third-order valence-corrected chi connectivity index (χ3v) is 6.31. The number of hydrogen-bond acceptors (Lipinski definition) is 6. The Morgan fingerprint density at radius 1 is 1.31 bits per heavy atom. The first-order valence-electron chi connectivity index (χ1n) is 10.0. The summed E-state index contributed by atoms with van der Waals surface area (Å²) in [5, 5.41) is 22.6. The van der Waals surface area contributed by atoms with E-state index >= 15 is 0 Å². The molecule has 32 heavy (non-hydrogen) atoms. The van der Waals surface area contributed by atoms with E-state index < -0.39 is 5.91 Å². The molecule has 0 atom stereocenters. The van der Waals surface area contributed by atoms with Crippen LogP contribution in [0.4, 0.5) is 5.00 Å². The van der Waals surface area contributed by atoms with Gasteiger partial charge in [0.1, 0.15) is 29.3 Å². The maximum absolute atomic E-state index is 12.8. The van der Waals surface area contributed by atoms with E-state index in [1.807, 2.05) is 13.0 Å². The molecule has 0 saturated heterocycles. The number of thiophene rings is 1. The molecular formula is C24H20ClN3O3S. The summed E-state index contributed by atoms with van der Waals surface area (Å²) in [7, 11) is 0. The van der Waals surface area contributed by atoms with E-state index in [4.69, 9.17) is 27.5 Å². The summed E-state index contributed by atoms with van der Waals surface area (Å²) in [6.45, 7) is 2.19. The first-order chi connectivity index (χ1) is 15.5. The predicted molar refractivity (Wildman–Crippen MR) is 125 cm³/mol. The molecule has 2 aromatic rings. The fourth-order valence-electron chi connectivity index (χ4n) is 3.45. The van der Waals surface area contributed by atoms with Gasteiger partial charge < -0.3 is 14.8 Å². The molecule has 0 radical (unpaired) electrons. The number of rotatable bonds is 7. The second kappa shape index (κ2) is 10.7. The van der Waals surface area contributed by atoms with Crippen molar-refractivity contribution in [2.75, 3.05) is 18.5 Å². The minimum Gasteiger partial charge on any atom is -0.490 e. The summed E-state index contributed by atoms with van der Waals surface area (Å²) >= 11 is 7.72. The van der Waals surface area contributed by atoms with Gasteiger partial charge in [0.15, 0.2) is 11.5 Å². The lowest BCUT2D eigenvalue weighted by molar-refractivity contribution is -0.112. The summed E-state index contributed by atoms with van der Waals surface area (Å²) in [4.78, 5) is 13.9. The third-order valence-electron chi connectivity index (χ3n) is 4.82. The van der Waals surface area contributed by atoms with Crippen molar-refractivity contribution in [3.8, 4) is 36.0 Å². The molecule has 0 aliphatic heterocycles. The van der Waals surface area contributed by atoms with Crippen LogP contribution < -0.4 is 14.8 Å². The number of nitrogens with one attached hydrogen (secondary N) is 1. The minimum absolute atomic E-state index is 0.0207. The van der Waals surface area contributed by atoms with Crippen LogP contribution >= 0.6 is 22.9 Å². The summed E-state index contributed by atoms with van der Waals surface area (Å²) in [5.74, 6) is 2.43. The van der Waals surface area contributed by atoms with Crippen molar-refractivity contribution in [1.82, 2.24) is 0 Å². The molecule has 1 N–H and O–H groups in total. The molecule has 1 heterocycles. The molecule has 0 bridgehead atoms. The monoisotopic (exact) mass is 465 g/mol. The van der Waals surface area contributed by atoms with Crippen molar-refractivity contribution in [3.63, 3.8) is 0 Å². The largest absolute Gasteiger partial charge is 0.490 e. The highest BCUT2D eigenvalue weighted by Crippen LogP contribution is 2.39. The van der Waals surface area contributed by atoms with Crippen molar-refractivity contribution < 1.29 is 14.3 Å². The van der Waals surface area contributed by atoms with E-state index in [0.29, 0.717) is 34.2 Å². The number of fused-ring (bicyclic) bond motifs is 1. The van der Waals surface area contributed by atoms with Gasteiger partial charge in [-0.05, 0) is 61.9 Å². The predicted octanol–water partition coefficient (Wildman–Crippen LogP) is 5.11. The molecule has 1 aromatic heterocycles. The lowest BCUT2D eigenvalue weighted by atomic mass is 9.96. The van der Waals surface area contributed by atoms with Crippen LogP contribution in [0.2, 0.25) is 5.02 Å². The van der Waals surface area contributed by atoms with Gasteiger partial charge in [0.05, 0.1) is 17.2 Å². The van der Waals surface area contributed by atoms with E-state index in [1.165, 1.54) is 17.4 Å². The number of nitrogens with zero attached hydrogens (tertiary/aromatic N) is 2. The maximum atomic E-state index is 12.8. The van der Waals surface area contributed by atoms with Gasteiger partial charge in [-0.1, -0.05) is 17.5 Å². The third kappa shape index (κ3) is 5.06. The summed E-state index contributed by atoms with van der Waals surface area (Å²) < 4.78 is 11.0. The number of anilines is 1. The van der Waals surface area contributed by atoms with Gasteiger partial charge in [0.25, 0.3) is 5.91 Å². The van der Waals surface area contributed by atoms with Crippen LogP contribution in [0.25, 0.3) is 6.08 Å². The molecule has 0 fully saturated rings. The van der Waals surface area contributed by atoms with Gasteiger partial charge in [-0.3, -0.25) is 4.79 Å². The number of terminal acetylenes is 1. The van der Waals surface area contributed by atoms with Gasteiger partial charge in [-0.2, -0.15) is 10.5 Å². The summed E-state index contributed by atoms with van der Waals surface area (Å²) in [5.41, 5.74) is 1.87. The number of hydrogen-bond donors (Lipinski definition) is 1. The smallest absolute Gasteiger partial charge is 0.266 e. The van der Waals surface area contributed by atoms with Crippen LogP contribution in [0.15, 0.2) is 17.7 Å². The Labute approximate surface area is 196 Å². The Bertz CT molecular complexity index is 1200. The SMILES string of the molecule is C#CCOc1c(Cl)cc(/C=C(\C#N)C(=O)Nc2sc3c(c2C#N)CCCC3)cc1OCC. The molecule has 0 unspecified atom stereocenters. The summed E-state index contributed by atoms with van der Waals surface area (Å²) in [6, 6.07) is 7.30. The molecule has 162 valence electrons. The molecule has 1 aromatic carbocycles. The van der Waals surface area contributed by atoms with E-state index in [0.717, 1.165) is 36.1 Å². The van der Waals surface area contributed by atoms with Gasteiger partial charge in [0, 0.05) is 4.88 Å². The number of amides is 1. The van der Waals surface area contributed by atoms with Crippen LogP contribution in [-0.4, -0.2) is 19.1 Å². The number of aryl methyl sites for hydroxylation is 1. The molecule has 1 amide bonds. The normalized spacial score (nSPS) is 12.7. The van der Waals surface area contributed by atoms with Crippen LogP contribution in [0, 0.1) is 35.0 Å². The number of carbonyl (C=O) groups is 1. The van der Waals surface area contributed by atoms with Crippen molar-refractivity contribution in [3.05, 3.63) is 44.3 Å². The lowest BCUT2D eigenvalue weighted by Crippen LogP contribution is -2.13. The first-order valence-corrected chi connectivity index (χ1v) is 11.2. The highest BCUT2D eigenvalue weighted by molar-refractivity contribution is 7.16. The second-order valence-corrected chi connectivity index (χ2v) is 8.42. The topological polar surface area (TPSA) is 95.1 Å². The Kier molecular flexibility index (Phi) is 7.79. The Balaban J connectivity index is 1.90. The van der Waals surface area contributed by atoms with Crippen LogP contribution in [-0.2, 0) is 17.6 Å². The molecular weight excluding hydrogens is 446 g/mol. The van der Waals surface area contributed by atoms with Crippen molar-refractivity contribution in [2.45, 2.75) is 32.6 Å². The molecule has 6 nitrogen and oxygen atoms in total. The quantitative estimate of drug-likeness (QED) is 0.348. The van der Waals surface area contributed by atoms with Crippen molar-refractivity contribution in [2.24, 2.45) is 0 Å². The van der Waals surface area contributed by atoms with Crippen molar-refractivity contribution >= 4 is 39.9 Å².